The summed E-state index contributed by atoms with van der Waals surface area (Å²) < 4.78 is 0. The minimum absolute atomic E-state index is 0.217. The molecule has 1 heterocycles. The summed E-state index contributed by atoms with van der Waals surface area (Å²) in [5, 5.41) is 22.6. The Bertz CT molecular complexity index is 785. The van der Waals surface area contributed by atoms with Gasteiger partial charge in [0.05, 0.1) is 17.4 Å². The first-order valence-corrected chi connectivity index (χ1v) is 10.6. The van der Waals surface area contributed by atoms with Gasteiger partial charge in [-0.05, 0) is 49.0 Å². The minimum Gasteiger partial charge on any atom is -0.481 e. The molecule has 146 valence electrons. The van der Waals surface area contributed by atoms with Crippen LogP contribution >= 0.6 is 11.3 Å². The molecule has 1 aromatic heterocycles. The molecule has 3 rings (SSSR count). The first-order chi connectivity index (χ1) is 12.7. The van der Waals surface area contributed by atoms with Crippen LogP contribution in [-0.2, 0) is 22.4 Å². The van der Waals surface area contributed by atoms with Crippen molar-refractivity contribution in [3.05, 3.63) is 16.0 Å². The Morgan fingerprint density at radius 1 is 1.19 bits per heavy atom. The monoisotopic (exact) mass is 388 g/mol. The van der Waals surface area contributed by atoms with Crippen molar-refractivity contribution in [2.24, 2.45) is 23.2 Å². The molecular weight excluding hydrogens is 360 g/mol. The number of hydrogen-bond donors (Lipinski definition) is 2. The van der Waals surface area contributed by atoms with Crippen molar-refractivity contribution in [2.45, 2.75) is 65.7 Å². The maximum absolute atomic E-state index is 12.8. The van der Waals surface area contributed by atoms with Gasteiger partial charge < -0.3 is 10.4 Å². The van der Waals surface area contributed by atoms with Gasteiger partial charge in [0.15, 0.2) is 0 Å². The van der Waals surface area contributed by atoms with Crippen LogP contribution in [0.15, 0.2) is 0 Å². The van der Waals surface area contributed by atoms with Crippen LogP contribution in [0.5, 0.6) is 0 Å². The summed E-state index contributed by atoms with van der Waals surface area (Å²) in [5.41, 5.74) is 1.88. The molecule has 2 N–H and O–H groups in total. The maximum Gasteiger partial charge on any atom is 0.307 e. The van der Waals surface area contributed by atoms with Crippen molar-refractivity contribution in [1.29, 1.82) is 5.26 Å². The fourth-order valence-electron chi connectivity index (χ4n) is 4.48. The molecule has 2 aliphatic carbocycles. The van der Waals surface area contributed by atoms with Crippen molar-refractivity contribution in [2.75, 3.05) is 5.32 Å². The second-order valence-electron chi connectivity index (χ2n) is 8.95. The highest BCUT2D eigenvalue weighted by Gasteiger charge is 2.37. The smallest absolute Gasteiger partial charge is 0.307 e. The van der Waals surface area contributed by atoms with E-state index in [2.05, 4.69) is 32.2 Å². The molecule has 1 amide bonds. The maximum atomic E-state index is 12.8. The minimum atomic E-state index is -0.895. The molecule has 0 spiro atoms. The highest BCUT2D eigenvalue weighted by atomic mass is 32.1. The summed E-state index contributed by atoms with van der Waals surface area (Å²) in [5.74, 6) is -1.71. The molecule has 0 aliphatic heterocycles. The van der Waals surface area contributed by atoms with Gasteiger partial charge in [-0.2, -0.15) is 5.26 Å². The molecule has 0 aromatic carbocycles. The predicted molar refractivity (Wildman–Crippen MR) is 106 cm³/mol. The Morgan fingerprint density at radius 3 is 2.44 bits per heavy atom. The fourth-order valence-corrected chi connectivity index (χ4v) is 5.76. The van der Waals surface area contributed by atoms with E-state index in [4.69, 9.17) is 0 Å². The second kappa shape index (κ2) is 7.63. The number of carboxylic acid groups (broad SMARTS) is 1. The normalized spacial score (nSPS) is 25.3. The number of amides is 1. The molecule has 6 heteroatoms. The van der Waals surface area contributed by atoms with E-state index in [0.717, 1.165) is 37.7 Å². The summed E-state index contributed by atoms with van der Waals surface area (Å²) in [4.78, 5) is 25.5. The zero-order chi connectivity index (χ0) is 19.8. The number of fused-ring (bicyclic) bond motifs is 1. The molecule has 1 fully saturated rings. The molecule has 5 nitrogen and oxygen atoms in total. The number of rotatable bonds is 3. The van der Waals surface area contributed by atoms with Gasteiger partial charge >= 0.3 is 5.97 Å². The van der Waals surface area contributed by atoms with Crippen LogP contribution in [0.1, 0.15) is 68.9 Å². The largest absolute Gasteiger partial charge is 0.481 e. The van der Waals surface area contributed by atoms with Crippen molar-refractivity contribution < 1.29 is 14.7 Å². The summed E-state index contributed by atoms with van der Waals surface area (Å²) in [7, 11) is 0. The third kappa shape index (κ3) is 4.03. The standard InChI is InChI=1S/C21H28N2O3S/c1-21(2,3)12-8-9-13-16(11-22)19(27-17(13)10-12)23-18(24)14-6-4-5-7-15(14)20(25)26/h12,14-15H,4-10H2,1-3H3,(H,23,24)(H,25,26)/t12-,14-,15-/m1/s1. The quantitative estimate of drug-likeness (QED) is 0.792. The second-order valence-corrected chi connectivity index (χ2v) is 10.1. The zero-order valence-corrected chi connectivity index (χ0v) is 17.1. The fraction of sp³-hybridized carbons (Fsp3) is 0.667. The average molecular weight is 389 g/mol. The number of carboxylic acids is 1. The van der Waals surface area contributed by atoms with E-state index < -0.39 is 17.8 Å². The number of carbonyl (C=O) groups excluding carboxylic acids is 1. The molecule has 2 aliphatic rings. The number of nitrogens with one attached hydrogen (secondary N) is 1. The lowest BCUT2D eigenvalue weighted by Gasteiger charge is -2.33. The van der Waals surface area contributed by atoms with E-state index >= 15 is 0 Å². The lowest BCUT2D eigenvalue weighted by Crippen LogP contribution is -2.36. The zero-order valence-electron chi connectivity index (χ0n) is 16.3. The van der Waals surface area contributed by atoms with Crippen LogP contribution in [0.2, 0.25) is 0 Å². The van der Waals surface area contributed by atoms with E-state index in [0.29, 0.717) is 29.3 Å². The molecule has 0 radical (unpaired) electrons. The van der Waals surface area contributed by atoms with Gasteiger partial charge in [0.25, 0.3) is 0 Å². The summed E-state index contributed by atoms with van der Waals surface area (Å²) in [6.45, 7) is 6.75. The number of nitriles is 1. The van der Waals surface area contributed by atoms with E-state index in [1.807, 2.05) is 0 Å². The topological polar surface area (TPSA) is 90.2 Å². The van der Waals surface area contributed by atoms with Crippen LogP contribution in [0.25, 0.3) is 0 Å². The van der Waals surface area contributed by atoms with Gasteiger partial charge in [-0.1, -0.05) is 33.6 Å². The Morgan fingerprint density at radius 2 is 1.85 bits per heavy atom. The van der Waals surface area contributed by atoms with E-state index in [-0.39, 0.29) is 11.3 Å². The highest BCUT2D eigenvalue weighted by molar-refractivity contribution is 7.16. The Labute approximate surface area is 164 Å². The van der Waals surface area contributed by atoms with Crippen molar-refractivity contribution in [3.63, 3.8) is 0 Å². The van der Waals surface area contributed by atoms with E-state index in [1.165, 1.54) is 16.2 Å². The number of hydrogen-bond acceptors (Lipinski definition) is 4. The Hall–Kier alpha value is -1.87. The number of thiophene rings is 1. The van der Waals surface area contributed by atoms with Gasteiger partial charge in [-0.3, -0.25) is 9.59 Å². The first-order valence-electron chi connectivity index (χ1n) is 9.80. The van der Waals surface area contributed by atoms with Crippen molar-refractivity contribution in [3.8, 4) is 6.07 Å². The summed E-state index contributed by atoms with van der Waals surface area (Å²) >= 11 is 1.51. The molecule has 3 atom stereocenters. The molecule has 1 saturated carbocycles. The predicted octanol–water partition coefficient (Wildman–Crippen LogP) is 4.60. The van der Waals surface area contributed by atoms with Crippen molar-refractivity contribution >= 4 is 28.2 Å². The van der Waals surface area contributed by atoms with Crippen LogP contribution in [0, 0.1) is 34.5 Å². The molecule has 1 aromatic rings. The van der Waals surface area contributed by atoms with Crippen LogP contribution in [0.3, 0.4) is 0 Å². The Balaban J connectivity index is 1.82. The molecule has 27 heavy (non-hydrogen) atoms. The third-order valence-corrected chi connectivity index (χ3v) is 7.43. The number of anilines is 1. The lowest BCUT2D eigenvalue weighted by atomic mass is 9.72. The van der Waals surface area contributed by atoms with Gasteiger partial charge in [0.2, 0.25) is 5.91 Å². The van der Waals surface area contributed by atoms with Gasteiger partial charge in [0.1, 0.15) is 11.1 Å². The third-order valence-electron chi connectivity index (χ3n) is 6.26. The van der Waals surface area contributed by atoms with Crippen molar-refractivity contribution in [1.82, 2.24) is 0 Å². The number of carbonyl (C=O) groups is 2. The van der Waals surface area contributed by atoms with Crippen LogP contribution in [0.4, 0.5) is 5.00 Å². The SMILES string of the molecule is CC(C)(C)[C@@H]1CCc2c(sc(NC(=O)[C@@H]3CCCC[C@H]3C(=O)O)c2C#N)C1. The van der Waals surface area contributed by atoms with Crippen LogP contribution in [-0.4, -0.2) is 17.0 Å². The first kappa shape index (κ1) is 19.9. The van der Waals surface area contributed by atoms with Gasteiger partial charge in [0, 0.05) is 4.88 Å². The lowest BCUT2D eigenvalue weighted by molar-refractivity contribution is -0.147. The van der Waals surface area contributed by atoms with E-state index in [1.54, 1.807) is 0 Å². The summed E-state index contributed by atoms with van der Waals surface area (Å²) in [6, 6.07) is 2.28. The van der Waals surface area contributed by atoms with E-state index in [9.17, 15) is 20.0 Å². The Kier molecular flexibility index (Phi) is 5.62. The summed E-state index contributed by atoms with van der Waals surface area (Å²) in [6.07, 6.45) is 5.74. The number of aliphatic carboxylic acids is 1. The average Bonchev–Trinajstić information content (AvgIpc) is 2.96. The molecule has 0 bridgehead atoms. The van der Waals surface area contributed by atoms with Gasteiger partial charge in [-0.25, -0.2) is 0 Å². The number of nitrogens with zero attached hydrogens (tertiary/aromatic N) is 1. The highest BCUT2D eigenvalue weighted by Crippen LogP contribution is 2.44. The molecular formula is C21H28N2O3S. The van der Waals surface area contributed by atoms with Gasteiger partial charge in [-0.15, -0.1) is 11.3 Å². The van der Waals surface area contributed by atoms with Crippen LogP contribution < -0.4 is 5.32 Å². The molecule has 0 saturated heterocycles. The molecule has 0 unspecified atom stereocenters.